The number of nitrogens with zero attached hydrogens (tertiary/aromatic N) is 4. The molecule has 1 unspecified atom stereocenters. The first kappa shape index (κ1) is 25.4. The van der Waals surface area contributed by atoms with E-state index < -0.39 is 5.91 Å². The minimum absolute atomic E-state index is 0.00981. The Morgan fingerprint density at radius 1 is 1.13 bits per heavy atom. The van der Waals surface area contributed by atoms with E-state index in [0.29, 0.717) is 39.8 Å². The molecule has 5 heterocycles. The van der Waals surface area contributed by atoms with Gasteiger partial charge < -0.3 is 15.1 Å². The van der Waals surface area contributed by atoms with Crippen molar-refractivity contribution in [3.05, 3.63) is 75.0 Å². The molecule has 1 fully saturated rings. The monoisotopic (exact) mass is 545 g/mol. The van der Waals surface area contributed by atoms with E-state index in [9.17, 15) is 14.0 Å². The van der Waals surface area contributed by atoms with Gasteiger partial charge >= 0.3 is 0 Å². The summed E-state index contributed by atoms with van der Waals surface area (Å²) in [6.45, 7) is 4.46. The topological polar surface area (TPSA) is 115 Å². The lowest BCUT2D eigenvalue weighted by Crippen LogP contribution is -2.22. The highest BCUT2D eigenvalue weighted by molar-refractivity contribution is 7.17. The lowest BCUT2D eigenvalue weighted by molar-refractivity contribution is 0.0776. The summed E-state index contributed by atoms with van der Waals surface area (Å²) in [5.74, 6) is 0.146. The maximum atomic E-state index is 13.3. The minimum atomic E-state index is -0.496. The molecule has 2 N–H and O–H groups in total. The molecular weight excluding hydrogens is 517 g/mol. The summed E-state index contributed by atoms with van der Waals surface area (Å²) in [5.41, 5.74) is 11.6. The number of pyridine rings is 1. The first-order valence-corrected chi connectivity index (χ1v) is 14.0. The largest absolute Gasteiger partial charge is 0.421 e. The van der Waals surface area contributed by atoms with Crippen LogP contribution in [0.3, 0.4) is 0 Å². The molecule has 2 aliphatic heterocycles. The molecule has 0 bridgehead atoms. The molecule has 1 atom stereocenters. The number of carbonyl (C=O) groups is 2. The Balaban J connectivity index is 0.000000231. The second-order valence-corrected chi connectivity index (χ2v) is 11.1. The van der Waals surface area contributed by atoms with Crippen LogP contribution in [0.5, 0.6) is 0 Å². The minimum Gasteiger partial charge on any atom is -0.421 e. The summed E-state index contributed by atoms with van der Waals surface area (Å²) < 4.78 is 18.3. The number of nitrogens with two attached hydrogens (primary N) is 1. The zero-order valence-electron chi connectivity index (χ0n) is 21.8. The fourth-order valence-corrected chi connectivity index (χ4v) is 6.74. The number of amides is 2. The SMILES string of the molecule is CCc1nc2c(c(-c3ccc(C(N)=O)s3)c1-c1nnc(C)o1)C(=O)N1CCCC21.Fc1ccc2c(c1)CCC2. The Morgan fingerprint density at radius 3 is 2.67 bits per heavy atom. The molecule has 8 nitrogen and oxygen atoms in total. The average molecular weight is 546 g/mol. The second-order valence-electron chi connectivity index (χ2n) is 10.00. The predicted octanol–water partition coefficient (Wildman–Crippen LogP) is 5.43. The van der Waals surface area contributed by atoms with Crippen LogP contribution in [-0.2, 0) is 19.3 Å². The van der Waals surface area contributed by atoms with Crippen LogP contribution < -0.4 is 5.73 Å². The van der Waals surface area contributed by atoms with Gasteiger partial charge in [0.05, 0.1) is 33.4 Å². The number of benzene rings is 1. The second kappa shape index (κ2) is 10.00. The highest BCUT2D eigenvalue weighted by Crippen LogP contribution is 2.48. The van der Waals surface area contributed by atoms with Crippen LogP contribution in [0.2, 0.25) is 0 Å². The van der Waals surface area contributed by atoms with Crippen molar-refractivity contribution in [2.75, 3.05) is 6.54 Å². The molecule has 3 aliphatic rings. The fourth-order valence-electron chi connectivity index (χ4n) is 5.83. The molecule has 4 aromatic rings. The molecule has 7 rings (SSSR count). The van der Waals surface area contributed by atoms with Gasteiger partial charge in [-0.05, 0) is 73.9 Å². The number of carbonyl (C=O) groups excluding carboxylic acids is 2. The van der Waals surface area contributed by atoms with Crippen LogP contribution in [-0.4, -0.2) is 38.4 Å². The summed E-state index contributed by atoms with van der Waals surface area (Å²) in [5, 5.41) is 8.17. The fraction of sp³-hybridized carbons (Fsp3) is 0.345. The van der Waals surface area contributed by atoms with E-state index in [1.807, 2.05) is 24.0 Å². The van der Waals surface area contributed by atoms with Crippen molar-refractivity contribution in [1.82, 2.24) is 20.1 Å². The van der Waals surface area contributed by atoms with Crippen molar-refractivity contribution >= 4 is 23.2 Å². The smallest absolute Gasteiger partial charge is 0.258 e. The molecule has 1 aromatic carbocycles. The summed E-state index contributed by atoms with van der Waals surface area (Å²) >= 11 is 1.26. The van der Waals surface area contributed by atoms with E-state index in [1.54, 1.807) is 25.1 Å². The van der Waals surface area contributed by atoms with E-state index in [2.05, 4.69) is 10.2 Å². The van der Waals surface area contributed by atoms with Crippen molar-refractivity contribution in [3.8, 4) is 21.9 Å². The number of thiophene rings is 1. The van der Waals surface area contributed by atoms with Gasteiger partial charge in [0.15, 0.2) is 0 Å². The first-order chi connectivity index (χ1) is 18.9. The van der Waals surface area contributed by atoms with Gasteiger partial charge in [-0.15, -0.1) is 21.5 Å². The molecule has 2 amide bonds. The third-order valence-corrected chi connectivity index (χ3v) is 8.69. The summed E-state index contributed by atoms with van der Waals surface area (Å²) in [4.78, 5) is 33.0. The molecule has 0 radical (unpaired) electrons. The molecule has 200 valence electrons. The van der Waals surface area contributed by atoms with E-state index in [0.717, 1.165) is 48.5 Å². The highest BCUT2D eigenvalue weighted by atomic mass is 32.1. The molecular formula is C29H28FN5O3S. The van der Waals surface area contributed by atoms with E-state index in [-0.39, 0.29) is 17.8 Å². The zero-order chi connectivity index (χ0) is 27.3. The normalized spacial score (nSPS) is 17.1. The van der Waals surface area contributed by atoms with Crippen LogP contribution in [0.15, 0.2) is 34.7 Å². The number of halogens is 1. The Bertz CT molecular complexity index is 1610. The Morgan fingerprint density at radius 2 is 1.95 bits per heavy atom. The van der Waals surface area contributed by atoms with Gasteiger partial charge in [-0.2, -0.15) is 0 Å². The van der Waals surface area contributed by atoms with Gasteiger partial charge in [-0.3, -0.25) is 14.6 Å². The van der Waals surface area contributed by atoms with Gasteiger partial charge in [0.1, 0.15) is 5.82 Å². The van der Waals surface area contributed by atoms with Crippen molar-refractivity contribution in [2.24, 2.45) is 5.73 Å². The van der Waals surface area contributed by atoms with E-state index in [4.69, 9.17) is 15.1 Å². The number of fused-ring (bicyclic) bond motifs is 4. The number of hydrogen-bond donors (Lipinski definition) is 1. The van der Waals surface area contributed by atoms with Gasteiger partial charge in [-0.25, -0.2) is 4.39 Å². The van der Waals surface area contributed by atoms with Crippen LogP contribution >= 0.6 is 11.3 Å². The van der Waals surface area contributed by atoms with Gasteiger partial charge in [0.25, 0.3) is 11.8 Å². The lowest BCUT2D eigenvalue weighted by atomic mass is 9.94. The third kappa shape index (κ3) is 4.42. The average Bonchev–Trinajstić information content (AvgIpc) is 3.74. The van der Waals surface area contributed by atoms with Crippen molar-refractivity contribution in [2.45, 2.75) is 58.4 Å². The molecule has 39 heavy (non-hydrogen) atoms. The molecule has 1 aliphatic carbocycles. The van der Waals surface area contributed by atoms with Crippen molar-refractivity contribution in [3.63, 3.8) is 0 Å². The van der Waals surface area contributed by atoms with Crippen LogP contribution in [0.1, 0.15) is 80.7 Å². The first-order valence-electron chi connectivity index (χ1n) is 13.2. The van der Waals surface area contributed by atoms with Crippen LogP contribution in [0.25, 0.3) is 21.9 Å². The van der Waals surface area contributed by atoms with E-state index in [1.165, 1.54) is 28.9 Å². The summed E-state index contributed by atoms with van der Waals surface area (Å²) in [6.07, 6.45) is 5.92. The highest BCUT2D eigenvalue weighted by Gasteiger charge is 2.44. The van der Waals surface area contributed by atoms with Crippen molar-refractivity contribution < 1.29 is 18.4 Å². The maximum Gasteiger partial charge on any atom is 0.258 e. The van der Waals surface area contributed by atoms with Crippen LogP contribution in [0.4, 0.5) is 4.39 Å². The van der Waals surface area contributed by atoms with Gasteiger partial charge in [0, 0.05) is 23.9 Å². The zero-order valence-corrected chi connectivity index (χ0v) is 22.6. The standard InChI is InChI=1S/C20H19N5O3S.C9H9F/c1-3-10-14(19-24-23-9(2)28-19)15(12-6-7-13(29-12)18(21)26)16-17(22-10)11-5-4-8-25(11)20(16)27;10-9-5-4-7-2-1-3-8(7)6-9/h6-7,11H,3-5,8H2,1-2H3,(H2,21,26);4-6H,1-3H2. The van der Waals surface area contributed by atoms with Gasteiger partial charge in [0.2, 0.25) is 11.8 Å². The number of primary amides is 1. The Hall–Kier alpha value is -3.92. The quantitative estimate of drug-likeness (QED) is 0.365. The number of rotatable bonds is 4. The van der Waals surface area contributed by atoms with Crippen molar-refractivity contribution in [1.29, 1.82) is 0 Å². The number of hydrogen-bond acceptors (Lipinski definition) is 7. The summed E-state index contributed by atoms with van der Waals surface area (Å²) in [7, 11) is 0. The van der Waals surface area contributed by atoms with E-state index >= 15 is 0 Å². The molecule has 1 saturated heterocycles. The van der Waals surface area contributed by atoms with Gasteiger partial charge in [-0.1, -0.05) is 13.0 Å². The maximum absolute atomic E-state index is 13.3. The van der Waals surface area contributed by atoms with Crippen LogP contribution in [0, 0.1) is 12.7 Å². The predicted molar refractivity (Wildman–Crippen MR) is 145 cm³/mol. The molecule has 0 spiro atoms. The molecule has 3 aromatic heterocycles. The number of aromatic nitrogens is 3. The molecule has 0 saturated carbocycles. The Labute approximate surface area is 229 Å². The lowest BCUT2D eigenvalue weighted by Gasteiger charge is -2.15. The Kier molecular flexibility index (Phi) is 6.50. The third-order valence-electron chi connectivity index (χ3n) is 7.57. The summed E-state index contributed by atoms with van der Waals surface area (Å²) in [6, 6.07) is 8.62. The number of aryl methyl sites for hydroxylation is 4. The molecule has 10 heteroatoms.